The van der Waals surface area contributed by atoms with Crippen LogP contribution in [0.3, 0.4) is 0 Å². The first-order valence-corrected chi connectivity index (χ1v) is 8.54. The van der Waals surface area contributed by atoms with Gasteiger partial charge in [-0.15, -0.1) is 0 Å². The van der Waals surface area contributed by atoms with E-state index in [2.05, 4.69) is 21.8 Å². The van der Waals surface area contributed by atoms with E-state index in [4.69, 9.17) is 0 Å². The molecule has 1 aromatic rings. The molecule has 1 aromatic carbocycles. The number of benzene rings is 1. The molecule has 1 aliphatic rings. The Hall–Kier alpha value is -1.11. The van der Waals surface area contributed by atoms with Crippen molar-refractivity contribution in [2.24, 2.45) is 0 Å². The van der Waals surface area contributed by atoms with Gasteiger partial charge in [-0.25, -0.2) is 4.72 Å². The van der Waals surface area contributed by atoms with E-state index in [1.807, 2.05) is 25.2 Å². The minimum atomic E-state index is -3.26. The van der Waals surface area contributed by atoms with Crippen molar-refractivity contribution in [1.29, 1.82) is 0 Å². The Morgan fingerprint density at radius 2 is 1.85 bits per heavy atom. The minimum absolute atomic E-state index is 0.482. The van der Waals surface area contributed by atoms with Gasteiger partial charge in [-0.2, -0.15) is 12.7 Å². The second-order valence-electron chi connectivity index (χ2n) is 5.12. The molecule has 0 saturated carbocycles. The number of para-hydroxylation sites is 1. The predicted molar refractivity (Wildman–Crippen MR) is 82.1 cm³/mol. The fourth-order valence-electron chi connectivity index (χ4n) is 2.35. The molecule has 0 bridgehead atoms. The predicted octanol–water partition coefficient (Wildman–Crippen LogP) is 1.44. The summed E-state index contributed by atoms with van der Waals surface area (Å²) >= 11 is 0. The molecular formula is C14H23N3O2S. The maximum Gasteiger partial charge on any atom is 0.279 e. The number of anilines is 1. The van der Waals surface area contributed by atoms with Crippen LogP contribution in [0, 0.1) is 0 Å². The molecule has 0 spiro atoms. The van der Waals surface area contributed by atoms with Gasteiger partial charge in [0.25, 0.3) is 10.2 Å². The van der Waals surface area contributed by atoms with Gasteiger partial charge in [0, 0.05) is 38.9 Å². The average Bonchev–Trinajstić information content (AvgIpc) is 2.99. The van der Waals surface area contributed by atoms with E-state index >= 15 is 0 Å². The summed E-state index contributed by atoms with van der Waals surface area (Å²) in [4.78, 5) is 2.13. The molecule has 1 N–H and O–H groups in total. The second kappa shape index (κ2) is 7.06. The van der Waals surface area contributed by atoms with Crippen LogP contribution >= 0.6 is 0 Å². The van der Waals surface area contributed by atoms with Crippen LogP contribution in [0.5, 0.6) is 0 Å². The molecule has 5 nitrogen and oxygen atoms in total. The van der Waals surface area contributed by atoms with Crippen LogP contribution in [0.4, 0.5) is 5.69 Å². The van der Waals surface area contributed by atoms with Crippen LogP contribution in [-0.2, 0) is 10.2 Å². The number of rotatable bonds is 7. The summed E-state index contributed by atoms with van der Waals surface area (Å²) < 4.78 is 28.1. The van der Waals surface area contributed by atoms with Crippen molar-refractivity contribution in [3.05, 3.63) is 30.3 Å². The van der Waals surface area contributed by atoms with Gasteiger partial charge in [0.2, 0.25) is 0 Å². The largest absolute Gasteiger partial charge is 0.375 e. The molecule has 1 heterocycles. The van der Waals surface area contributed by atoms with E-state index in [0.717, 1.165) is 31.5 Å². The fraction of sp³-hybridized carbons (Fsp3) is 0.571. The summed E-state index contributed by atoms with van der Waals surface area (Å²) in [6, 6.07) is 10.1. The maximum atomic E-state index is 11.9. The first-order chi connectivity index (χ1) is 9.59. The van der Waals surface area contributed by atoms with Gasteiger partial charge in [0.15, 0.2) is 0 Å². The molecule has 1 saturated heterocycles. The van der Waals surface area contributed by atoms with Gasteiger partial charge in [0.05, 0.1) is 0 Å². The highest BCUT2D eigenvalue weighted by Gasteiger charge is 2.24. The summed E-state index contributed by atoms with van der Waals surface area (Å²) in [7, 11) is -1.24. The van der Waals surface area contributed by atoms with E-state index in [9.17, 15) is 8.42 Å². The Morgan fingerprint density at radius 1 is 1.20 bits per heavy atom. The lowest BCUT2D eigenvalue weighted by Gasteiger charge is -2.20. The second-order valence-corrected chi connectivity index (χ2v) is 6.87. The van der Waals surface area contributed by atoms with Crippen LogP contribution < -0.4 is 9.62 Å². The van der Waals surface area contributed by atoms with Crippen molar-refractivity contribution in [2.45, 2.75) is 19.3 Å². The average molecular weight is 297 g/mol. The summed E-state index contributed by atoms with van der Waals surface area (Å²) in [5.41, 5.74) is 1.15. The van der Waals surface area contributed by atoms with Crippen molar-refractivity contribution >= 4 is 15.9 Å². The molecule has 1 fully saturated rings. The zero-order chi connectivity index (χ0) is 14.4. The third kappa shape index (κ3) is 4.19. The number of nitrogens with zero attached hydrogens (tertiary/aromatic N) is 2. The molecular weight excluding hydrogens is 274 g/mol. The molecule has 0 atom stereocenters. The smallest absolute Gasteiger partial charge is 0.279 e. The molecule has 0 amide bonds. The van der Waals surface area contributed by atoms with Crippen molar-refractivity contribution in [3.8, 4) is 0 Å². The highest BCUT2D eigenvalue weighted by molar-refractivity contribution is 7.87. The van der Waals surface area contributed by atoms with Gasteiger partial charge in [-0.3, -0.25) is 0 Å². The van der Waals surface area contributed by atoms with Crippen LogP contribution in [0.1, 0.15) is 19.3 Å². The standard InChI is InChI=1S/C14H23N3O2S/c1-16(14-8-3-2-4-9-14)11-7-10-15-20(18,19)17-12-5-6-13-17/h2-4,8-9,15H,5-7,10-13H2,1H3. The van der Waals surface area contributed by atoms with Gasteiger partial charge >= 0.3 is 0 Å². The molecule has 1 aliphatic heterocycles. The summed E-state index contributed by atoms with van der Waals surface area (Å²) in [6.45, 7) is 2.61. The lowest BCUT2D eigenvalue weighted by Crippen LogP contribution is -2.39. The van der Waals surface area contributed by atoms with Crippen molar-refractivity contribution < 1.29 is 8.42 Å². The molecule has 112 valence electrons. The Balaban J connectivity index is 1.71. The Morgan fingerprint density at radius 3 is 2.50 bits per heavy atom. The Bertz CT molecular complexity index is 498. The third-order valence-corrected chi connectivity index (χ3v) is 5.17. The summed E-state index contributed by atoms with van der Waals surface area (Å²) in [5, 5.41) is 0. The number of hydrogen-bond donors (Lipinski definition) is 1. The maximum absolute atomic E-state index is 11.9. The SMILES string of the molecule is CN(CCCNS(=O)(=O)N1CCCC1)c1ccccc1. The molecule has 0 aliphatic carbocycles. The van der Waals surface area contributed by atoms with Crippen molar-refractivity contribution in [2.75, 3.05) is 38.1 Å². The van der Waals surface area contributed by atoms with E-state index in [1.165, 1.54) is 4.31 Å². The molecule has 0 radical (unpaired) electrons. The monoisotopic (exact) mass is 297 g/mol. The first kappa shape index (κ1) is 15.3. The topological polar surface area (TPSA) is 52.7 Å². The van der Waals surface area contributed by atoms with Crippen LogP contribution in [0.25, 0.3) is 0 Å². The van der Waals surface area contributed by atoms with Gasteiger partial charge in [-0.1, -0.05) is 18.2 Å². The molecule has 0 unspecified atom stereocenters. The zero-order valence-corrected chi connectivity index (χ0v) is 12.8. The normalized spacial score (nSPS) is 16.4. The van der Waals surface area contributed by atoms with Crippen molar-refractivity contribution in [3.63, 3.8) is 0 Å². The van der Waals surface area contributed by atoms with Crippen molar-refractivity contribution in [1.82, 2.24) is 9.03 Å². The van der Waals surface area contributed by atoms with Gasteiger partial charge in [-0.05, 0) is 31.4 Å². The molecule has 20 heavy (non-hydrogen) atoms. The number of nitrogens with one attached hydrogen (secondary N) is 1. The highest BCUT2D eigenvalue weighted by Crippen LogP contribution is 2.12. The Kier molecular flexibility index (Phi) is 5.39. The number of hydrogen-bond acceptors (Lipinski definition) is 3. The lowest BCUT2D eigenvalue weighted by atomic mass is 10.3. The third-order valence-electron chi connectivity index (χ3n) is 3.56. The molecule has 0 aromatic heterocycles. The fourth-order valence-corrected chi connectivity index (χ4v) is 3.67. The first-order valence-electron chi connectivity index (χ1n) is 7.10. The van der Waals surface area contributed by atoms with E-state index in [0.29, 0.717) is 19.6 Å². The molecule has 6 heteroatoms. The van der Waals surface area contributed by atoms with Crippen LogP contribution in [-0.4, -0.2) is 45.9 Å². The van der Waals surface area contributed by atoms with E-state index in [-0.39, 0.29) is 0 Å². The van der Waals surface area contributed by atoms with Gasteiger partial charge in [0.1, 0.15) is 0 Å². The van der Waals surface area contributed by atoms with Crippen LogP contribution in [0.2, 0.25) is 0 Å². The van der Waals surface area contributed by atoms with E-state index in [1.54, 1.807) is 0 Å². The lowest BCUT2D eigenvalue weighted by molar-refractivity contribution is 0.464. The quantitative estimate of drug-likeness (QED) is 0.775. The Labute approximate surface area is 121 Å². The minimum Gasteiger partial charge on any atom is -0.375 e. The highest BCUT2D eigenvalue weighted by atomic mass is 32.2. The van der Waals surface area contributed by atoms with E-state index < -0.39 is 10.2 Å². The summed E-state index contributed by atoms with van der Waals surface area (Å²) in [6.07, 6.45) is 2.73. The zero-order valence-electron chi connectivity index (χ0n) is 12.0. The molecule has 2 rings (SSSR count). The van der Waals surface area contributed by atoms with Gasteiger partial charge < -0.3 is 4.90 Å². The van der Waals surface area contributed by atoms with Crippen LogP contribution in [0.15, 0.2) is 30.3 Å². The summed E-state index contributed by atoms with van der Waals surface area (Å²) in [5.74, 6) is 0.